The number of β-amino-alcohol motifs (C(OH)–C–C–N with tert-alkyl or cyclic N) is 2. The molecule has 0 saturated carbocycles. The average molecular weight is 906 g/mol. The molecule has 2 aromatic heterocycles. The summed E-state index contributed by atoms with van der Waals surface area (Å²) < 4.78 is 0. The maximum Gasteiger partial charge on any atom is 0.270 e. The number of aliphatic hydroxyl groups excluding tert-OH is 2. The Morgan fingerprint density at radius 3 is 2.42 bits per heavy atom. The van der Waals surface area contributed by atoms with Gasteiger partial charge in [-0.05, 0) is 72.3 Å². The highest BCUT2D eigenvalue weighted by Crippen LogP contribution is 2.35. The van der Waals surface area contributed by atoms with Crippen molar-refractivity contribution in [1.29, 1.82) is 0 Å². The minimum Gasteiger partial charge on any atom is -0.391 e. The first-order valence-electron chi connectivity index (χ1n) is 23.0. The van der Waals surface area contributed by atoms with Crippen LogP contribution in [-0.4, -0.2) is 127 Å². The van der Waals surface area contributed by atoms with Crippen molar-refractivity contribution in [3.05, 3.63) is 100 Å². The number of fused-ring (bicyclic) bond motifs is 1. The molecule has 3 aliphatic heterocycles. The Hall–Kier alpha value is -5.22. The summed E-state index contributed by atoms with van der Waals surface area (Å²) in [7, 11) is 0. The number of carbonyl (C=O) groups excluding carboxylic acids is 5. The first kappa shape index (κ1) is 47.7. The van der Waals surface area contributed by atoms with Crippen LogP contribution in [0.4, 0.5) is 0 Å². The van der Waals surface area contributed by atoms with Crippen molar-refractivity contribution in [1.82, 2.24) is 35.0 Å². The van der Waals surface area contributed by atoms with E-state index in [0.29, 0.717) is 44.6 Å². The number of carbonyl (C=O) groups is 5. The van der Waals surface area contributed by atoms with Gasteiger partial charge in [0.2, 0.25) is 11.8 Å². The van der Waals surface area contributed by atoms with Gasteiger partial charge in [0.05, 0.1) is 34.3 Å². The lowest BCUT2D eigenvalue weighted by Gasteiger charge is -2.39. The number of aryl methyl sites for hydroxylation is 2. The molecule has 7 rings (SSSR count). The highest BCUT2D eigenvalue weighted by molar-refractivity contribution is 7.13. The van der Waals surface area contributed by atoms with E-state index >= 15 is 0 Å². The van der Waals surface area contributed by atoms with Crippen molar-refractivity contribution >= 4 is 40.6 Å². The number of nitrogens with one attached hydrogen (secondary N) is 1. The van der Waals surface area contributed by atoms with E-state index in [4.69, 9.17) is 0 Å². The van der Waals surface area contributed by atoms with Crippen molar-refractivity contribution in [2.75, 3.05) is 39.3 Å². The Balaban J connectivity index is 0.810. The predicted molar refractivity (Wildman–Crippen MR) is 248 cm³/mol. The SMILES string of the molecule is Cc1ncsc1-c1ccc(CCC(=O)[C@@H]2C[C@@H](O)CN2C(=O)[C@@H](CC(=O)CCCC(=O)N2CC(Cc3cc(C(=O)NC[C@H](O)CN4CCc5ccccc5C4)ncn3)C2)C(C)(C)C)cc1. The molecule has 3 aliphatic rings. The number of rotatable bonds is 19. The number of hydrogen-bond acceptors (Lipinski definition) is 12. The number of ketones is 2. The molecule has 2 aromatic carbocycles. The lowest BCUT2D eigenvalue weighted by atomic mass is 9.76. The summed E-state index contributed by atoms with van der Waals surface area (Å²) in [5.74, 6) is -1.44. The van der Waals surface area contributed by atoms with Gasteiger partial charge in [-0.3, -0.25) is 28.9 Å². The molecule has 0 unspecified atom stereocenters. The highest BCUT2D eigenvalue weighted by atomic mass is 32.1. The Bertz CT molecular complexity index is 2320. The van der Waals surface area contributed by atoms with E-state index in [1.54, 1.807) is 22.3 Å². The van der Waals surface area contributed by atoms with Crippen molar-refractivity contribution < 1.29 is 34.2 Å². The number of Topliss-reactive ketones (excluding diaryl/α,β-unsaturated/α-hetero) is 2. The first-order chi connectivity index (χ1) is 31.1. The molecule has 4 aromatic rings. The number of hydrogen-bond donors (Lipinski definition) is 3. The van der Waals surface area contributed by atoms with Gasteiger partial charge >= 0.3 is 0 Å². The molecule has 0 aliphatic carbocycles. The molecule has 65 heavy (non-hydrogen) atoms. The van der Waals surface area contributed by atoms with Crippen molar-refractivity contribution in [3.8, 4) is 10.4 Å². The van der Waals surface area contributed by atoms with Gasteiger partial charge in [-0.2, -0.15) is 0 Å². The molecule has 346 valence electrons. The summed E-state index contributed by atoms with van der Waals surface area (Å²) in [6, 6.07) is 17.3. The number of likely N-dealkylation sites (tertiary alicyclic amines) is 2. The van der Waals surface area contributed by atoms with Gasteiger partial charge in [0.1, 0.15) is 17.8 Å². The van der Waals surface area contributed by atoms with Crippen LogP contribution < -0.4 is 5.32 Å². The van der Waals surface area contributed by atoms with Crippen LogP contribution in [0.25, 0.3) is 10.4 Å². The highest BCUT2D eigenvalue weighted by Gasteiger charge is 2.44. The third-order valence-electron chi connectivity index (χ3n) is 13.1. The quantitative estimate of drug-likeness (QED) is 0.115. The zero-order chi connectivity index (χ0) is 46.3. The second-order valence-electron chi connectivity index (χ2n) is 19.2. The van der Waals surface area contributed by atoms with E-state index < -0.39 is 29.6 Å². The number of benzene rings is 2. The van der Waals surface area contributed by atoms with Gasteiger partial charge in [0.25, 0.3) is 5.91 Å². The van der Waals surface area contributed by atoms with Gasteiger partial charge in [-0.15, -0.1) is 11.3 Å². The van der Waals surface area contributed by atoms with Crippen LogP contribution >= 0.6 is 11.3 Å². The number of amides is 3. The molecule has 4 atom stereocenters. The van der Waals surface area contributed by atoms with Gasteiger partial charge in [0.15, 0.2) is 5.78 Å². The molecule has 15 heteroatoms. The van der Waals surface area contributed by atoms with E-state index in [2.05, 4.69) is 37.3 Å². The minimum absolute atomic E-state index is 0.00498. The minimum atomic E-state index is -0.816. The molecular weight excluding hydrogens is 843 g/mol. The zero-order valence-corrected chi connectivity index (χ0v) is 38.9. The monoisotopic (exact) mass is 905 g/mol. The molecule has 3 N–H and O–H groups in total. The normalized spacial score (nSPS) is 18.7. The largest absolute Gasteiger partial charge is 0.391 e. The summed E-state index contributed by atoms with van der Waals surface area (Å²) in [6.07, 6.45) is 2.99. The Morgan fingerprint density at radius 2 is 1.69 bits per heavy atom. The molecule has 2 fully saturated rings. The molecule has 0 spiro atoms. The van der Waals surface area contributed by atoms with Gasteiger partial charge in [-0.1, -0.05) is 69.3 Å². The van der Waals surface area contributed by atoms with Crippen molar-refractivity contribution in [2.45, 2.75) is 110 Å². The van der Waals surface area contributed by atoms with Crippen LogP contribution in [0.1, 0.15) is 97.9 Å². The third kappa shape index (κ3) is 12.6. The topological polar surface area (TPSA) is 186 Å². The van der Waals surface area contributed by atoms with Crippen molar-refractivity contribution in [2.24, 2.45) is 17.3 Å². The smallest absolute Gasteiger partial charge is 0.270 e. The molecule has 0 radical (unpaired) electrons. The lowest BCUT2D eigenvalue weighted by molar-refractivity contribution is -0.146. The van der Waals surface area contributed by atoms with E-state index in [-0.39, 0.29) is 86.1 Å². The van der Waals surface area contributed by atoms with Gasteiger partial charge < -0.3 is 25.3 Å². The van der Waals surface area contributed by atoms with Crippen molar-refractivity contribution in [3.63, 3.8) is 0 Å². The van der Waals surface area contributed by atoms with Gasteiger partial charge in [0, 0.05) is 89.5 Å². The van der Waals surface area contributed by atoms with E-state index in [1.807, 2.05) is 69.6 Å². The second-order valence-corrected chi connectivity index (χ2v) is 20.1. The summed E-state index contributed by atoms with van der Waals surface area (Å²) >= 11 is 1.59. The number of nitrogens with zero attached hydrogens (tertiary/aromatic N) is 6. The molecule has 0 bridgehead atoms. The van der Waals surface area contributed by atoms with Crippen LogP contribution in [0.2, 0.25) is 0 Å². The fraction of sp³-hybridized carbons (Fsp3) is 0.520. The molecule has 5 heterocycles. The molecule has 14 nitrogen and oxygen atoms in total. The first-order valence-corrected chi connectivity index (χ1v) is 23.9. The summed E-state index contributed by atoms with van der Waals surface area (Å²) in [6.45, 7) is 11.1. The third-order valence-corrected chi connectivity index (χ3v) is 14.1. The van der Waals surface area contributed by atoms with Crippen LogP contribution in [0.15, 0.2) is 66.4 Å². The van der Waals surface area contributed by atoms with E-state index in [0.717, 1.165) is 41.2 Å². The number of aliphatic hydroxyl groups is 2. The summed E-state index contributed by atoms with van der Waals surface area (Å²) in [4.78, 5) is 86.5. The van der Waals surface area contributed by atoms with Crippen LogP contribution in [0.3, 0.4) is 0 Å². The zero-order valence-electron chi connectivity index (χ0n) is 38.1. The second kappa shape index (κ2) is 21.4. The Kier molecular flexibility index (Phi) is 15.7. The van der Waals surface area contributed by atoms with Gasteiger partial charge in [-0.25, -0.2) is 15.0 Å². The fourth-order valence-corrected chi connectivity index (χ4v) is 10.1. The standard InChI is InChI=1S/C50H63N7O7S/c1-32-47(65-31-54-32)36-15-12-33(13-16-36)14-17-45(61)44-23-40(59)29-57(44)49(64)42(50(2,3)4)22-39(58)10-7-11-46(62)56-25-34(26-56)20-38-21-43(53-30-52-38)48(63)51-24-41(60)28-55-19-18-35-8-5-6-9-37(35)27-55/h5-6,8-9,12-13,15-16,21,30-31,34,40-42,44,59-60H,7,10-11,14,17-20,22-29H2,1-4H3,(H,51,63)/t40-,41+,42-,44+/m1/s1. The predicted octanol–water partition coefficient (Wildman–Crippen LogP) is 5.01. The molecule has 2 saturated heterocycles. The average Bonchev–Trinajstić information content (AvgIpc) is 3.89. The Labute approximate surface area is 385 Å². The maximum atomic E-state index is 14.1. The van der Waals surface area contributed by atoms with E-state index in [1.165, 1.54) is 22.4 Å². The van der Waals surface area contributed by atoms with E-state index in [9.17, 15) is 34.2 Å². The number of thiazole rings is 1. The lowest BCUT2D eigenvalue weighted by Crippen LogP contribution is -2.50. The van der Waals surface area contributed by atoms with Crippen LogP contribution in [0.5, 0.6) is 0 Å². The van der Waals surface area contributed by atoms with Crippen LogP contribution in [0, 0.1) is 24.2 Å². The molecular formula is C50H63N7O7S. The Morgan fingerprint density at radius 1 is 0.938 bits per heavy atom. The van der Waals surface area contributed by atoms with Crippen LogP contribution in [-0.2, 0) is 45.0 Å². The fourth-order valence-electron chi connectivity index (χ4n) is 9.29. The summed E-state index contributed by atoms with van der Waals surface area (Å²) in [5.41, 5.74) is 7.85. The molecule has 3 amide bonds. The maximum absolute atomic E-state index is 14.1. The number of aromatic nitrogens is 3. The summed E-state index contributed by atoms with van der Waals surface area (Å²) in [5, 5.41) is 24.1.